The van der Waals surface area contributed by atoms with Crippen LogP contribution in [0.25, 0.3) is 0 Å². The first kappa shape index (κ1) is 16.3. The first-order valence-electron chi connectivity index (χ1n) is 6.39. The molecule has 1 heterocycles. The Morgan fingerprint density at radius 1 is 1.25 bits per heavy atom. The van der Waals surface area contributed by atoms with Gasteiger partial charge in [0.25, 0.3) is 0 Å². The summed E-state index contributed by atoms with van der Waals surface area (Å²) in [7, 11) is 0. The molecule has 20 heavy (non-hydrogen) atoms. The molecule has 0 spiro atoms. The Labute approximate surface area is 117 Å². The van der Waals surface area contributed by atoms with Crippen LogP contribution >= 0.6 is 0 Å². The summed E-state index contributed by atoms with van der Waals surface area (Å²) in [5, 5.41) is 18.4. The maximum Gasteiger partial charge on any atom is 0.410 e. The molecule has 1 saturated heterocycles. The molecule has 0 aromatic heterocycles. The number of rotatable bonds is 2. The molecule has 0 bridgehead atoms. The highest BCUT2D eigenvalue weighted by Gasteiger charge is 2.46. The summed E-state index contributed by atoms with van der Waals surface area (Å²) < 4.78 is 5.18. The molecule has 0 radical (unpaired) electrons. The largest absolute Gasteiger partial charge is 0.481 e. The van der Waals surface area contributed by atoms with Gasteiger partial charge in [-0.1, -0.05) is 0 Å². The zero-order chi connectivity index (χ0) is 15.7. The molecule has 1 fully saturated rings. The van der Waals surface area contributed by atoms with Crippen LogP contribution in [0.4, 0.5) is 4.79 Å². The number of aliphatic carboxylic acids is 2. The first-order chi connectivity index (χ1) is 8.94. The van der Waals surface area contributed by atoms with Crippen molar-refractivity contribution in [2.45, 2.75) is 39.7 Å². The van der Waals surface area contributed by atoms with Gasteiger partial charge in [0.15, 0.2) is 0 Å². The maximum atomic E-state index is 12.0. The molecule has 1 rings (SSSR count). The lowest BCUT2D eigenvalue weighted by atomic mass is 9.77. The minimum atomic E-state index is -1.28. The van der Waals surface area contributed by atoms with Gasteiger partial charge in [-0.2, -0.15) is 0 Å². The Morgan fingerprint density at radius 2 is 1.80 bits per heavy atom. The quantitative estimate of drug-likeness (QED) is 0.796. The van der Waals surface area contributed by atoms with Gasteiger partial charge in [-0.05, 0) is 34.1 Å². The van der Waals surface area contributed by atoms with Crippen LogP contribution in [0.5, 0.6) is 0 Å². The van der Waals surface area contributed by atoms with Crippen molar-refractivity contribution in [3.8, 4) is 0 Å². The van der Waals surface area contributed by atoms with E-state index in [1.807, 2.05) is 0 Å². The Balaban J connectivity index is 2.93. The normalized spacial score (nSPS) is 27.0. The third kappa shape index (κ3) is 3.85. The maximum absolute atomic E-state index is 12.0. The van der Waals surface area contributed by atoms with Crippen molar-refractivity contribution in [3.63, 3.8) is 0 Å². The van der Waals surface area contributed by atoms with Crippen molar-refractivity contribution in [2.75, 3.05) is 13.1 Å². The zero-order valence-electron chi connectivity index (χ0n) is 12.2. The highest BCUT2D eigenvalue weighted by Crippen LogP contribution is 2.34. The van der Waals surface area contributed by atoms with Gasteiger partial charge >= 0.3 is 18.0 Å². The molecule has 1 aliphatic rings. The van der Waals surface area contributed by atoms with Crippen LogP contribution in [-0.2, 0) is 14.3 Å². The standard InChI is InChI=1S/C13H21NO6/c1-12(2,3)20-11(19)14-6-8(9(15)16)5-13(4,7-14)10(17)18/h8H,5-7H2,1-4H3,(H,15,16)(H,17,18). The van der Waals surface area contributed by atoms with E-state index in [0.29, 0.717) is 0 Å². The Kier molecular flexibility index (Phi) is 4.31. The second-order valence-corrected chi connectivity index (χ2v) is 6.47. The molecule has 0 aromatic rings. The number of likely N-dealkylation sites (tertiary alicyclic amines) is 1. The fourth-order valence-electron chi connectivity index (χ4n) is 2.21. The molecule has 114 valence electrons. The van der Waals surface area contributed by atoms with Gasteiger partial charge < -0.3 is 19.8 Å². The Morgan fingerprint density at radius 3 is 2.20 bits per heavy atom. The molecule has 2 unspecified atom stereocenters. The predicted octanol–water partition coefficient (Wildman–Crippen LogP) is 1.42. The summed E-state index contributed by atoms with van der Waals surface area (Å²) in [5.41, 5.74) is -1.99. The molecule has 2 atom stereocenters. The molecule has 2 N–H and O–H groups in total. The number of carboxylic acid groups (broad SMARTS) is 2. The van der Waals surface area contributed by atoms with Gasteiger partial charge in [0.1, 0.15) is 5.60 Å². The lowest BCUT2D eigenvalue weighted by molar-refractivity contribution is -0.156. The Hall–Kier alpha value is -1.79. The number of carbonyl (C=O) groups excluding carboxylic acids is 1. The van der Waals surface area contributed by atoms with Crippen molar-refractivity contribution < 1.29 is 29.3 Å². The third-order valence-corrected chi connectivity index (χ3v) is 3.19. The number of amides is 1. The van der Waals surface area contributed by atoms with Gasteiger partial charge in [0, 0.05) is 13.1 Å². The van der Waals surface area contributed by atoms with E-state index >= 15 is 0 Å². The monoisotopic (exact) mass is 287 g/mol. The van der Waals surface area contributed by atoms with Crippen molar-refractivity contribution in [2.24, 2.45) is 11.3 Å². The number of nitrogens with zero attached hydrogens (tertiary/aromatic N) is 1. The predicted molar refractivity (Wildman–Crippen MR) is 69.3 cm³/mol. The molecule has 7 heteroatoms. The van der Waals surface area contributed by atoms with Crippen molar-refractivity contribution >= 4 is 18.0 Å². The number of ether oxygens (including phenoxy) is 1. The lowest BCUT2D eigenvalue weighted by Gasteiger charge is -2.40. The van der Waals surface area contributed by atoms with E-state index in [1.54, 1.807) is 20.8 Å². The van der Waals surface area contributed by atoms with Crippen LogP contribution in [0.1, 0.15) is 34.1 Å². The van der Waals surface area contributed by atoms with Crippen molar-refractivity contribution in [3.05, 3.63) is 0 Å². The van der Waals surface area contributed by atoms with Crippen LogP contribution in [0.15, 0.2) is 0 Å². The number of carboxylic acids is 2. The van der Waals surface area contributed by atoms with Crippen LogP contribution in [-0.4, -0.2) is 51.8 Å². The molecular formula is C13H21NO6. The van der Waals surface area contributed by atoms with Crippen LogP contribution in [0, 0.1) is 11.3 Å². The first-order valence-corrected chi connectivity index (χ1v) is 6.39. The van der Waals surface area contributed by atoms with E-state index < -0.39 is 35.0 Å². The van der Waals surface area contributed by atoms with E-state index in [1.165, 1.54) is 11.8 Å². The fourth-order valence-corrected chi connectivity index (χ4v) is 2.21. The van der Waals surface area contributed by atoms with E-state index in [-0.39, 0.29) is 19.5 Å². The molecular weight excluding hydrogens is 266 g/mol. The summed E-state index contributed by atoms with van der Waals surface area (Å²) in [6, 6.07) is 0. The summed E-state index contributed by atoms with van der Waals surface area (Å²) in [6.45, 7) is 6.44. The van der Waals surface area contributed by atoms with Crippen molar-refractivity contribution in [1.82, 2.24) is 4.90 Å². The average Bonchev–Trinajstić information content (AvgIpc) is 2.25. The van der Waals surface area contributed by atoms with Crippen LogP contribution in [0.2, 0.25) is 0 Å². The van der Waals surface area contributed by atoms with E-state index in [0.717, 1.165) is 0 Å². The third-order valence-electron chi connectivity index (χ3n) is 3.19. The molecule has 7 nitrogen and oxygen atoms in total. The second-order valence-electron chi connectivity index (χ2n) is 6.47. The molecule has 1 amide bonds. The van der Waals surface area contributed by atoms with Crippen molar-refractivity contribution in [1.29, 1.82) is 0 Å². The van der Waals surface area contributed by atoms with Gasteiger partial charge in [0.2, 0.25) is 0 Å². The highest BCUT2D eigenvalue weighted by molar-refractivity contribution is 5.79. The SMILES string of the molecule is CC(C)(C)OC(=O)N1CC(C(=O)O)CC(C)(C(=O)O)C1. The summed E-state index contributed by atoms with van der Waals surface area (Å²) in [6.07, 6.45) is -0.687. The highest BCUT2D eigenvalue weighted by atomic mass is 16.6. The number of carbonyl (C=O) groups is 3. The van der Waals surface area contributed by atoms with E-state index in [9.17, 15) is 19.5 Å². The summed E-state index contributed by atoms with van der Waals surface area (Å²) >= 11 is 0. The van der Waals surface area contributed by atoms with Gasteiger partial charge in [0.05, 0.1) is 11.3 Å². The molecule has 1 aliphatic heterocycles. The molecule has 0 aliphatic carbocycles. The second kappa shape index (κ2) is 5.30. The number of hydrogen-bond acceptors (Lipinski definition) is 4. The summed E-state index contributed by atoms with van der Waals surface area (Å²) in [4.78, 5) is 35.7. The van der Waals surface area contributed by atoms with E-state index in [2.05, 4.69) is 0 Å². The topological polar surface area (TPSA) is 104 Å². The summed E-state index contributed by atoms with van der Waals surface area (Å²) in [5.74, 6) is -3.12. The fraction of sp³-hybridized carbons (Fsp3) is 0.769. The zero-order valence-corrected chi connectivity index (χ0v) is 12.2. The van der Waals surface area contributed by atoms with E-state index in [4.69, 9.17) is 9.84 Å². The van der Waals surface area contributed by atoms with Crippen LogP contribution in [0.3, 0.4) is 0 Å². The molecule has 0 aromatic carbocycles. The number of piperidine rings is 1. The van der Waals surface area contributed by atoms with Crippen LogP contribution < -0.4 is 0 Å². The Bertz CT molecular complexity index is 427. The molecule has 0 saturated carbocycles. The van der Waals surface area contributed by atoms with Gasteiger partial charge in [-0.15, -0.1) is 0 Å². The lowest BCUT2D eigenvalue weighted by Crippen LogP contribution is -2.54. The average molecular weight is 287 g/mol. The van der Waals surface area contributed by atoms with Gasteiger partial charge in [-0.25, -0.2) is 4.79 Å². The minimum absolute atomic E-state index is 0.00301. The van der Waals surface area contributed by atoms with Gasteiger partial charge in [-0.3, -0.25) is 9.59 Å². The number of hydrogen-bond donors (Lipinski definition) is 2. The minimum Gasteiger partial charge on any atom is -0.481 e. The smallest absolute Gasteiger partial charge is 0.410 e.